The van der Waals surface area contributed by atoms with E-state index in [0.29, 0.717) is 11.4 Å². The van der Waals surface area contributed by atoms with Gasteiger partial charge in [0.05, 0.1) is 32.2 Å². The van der Waals surface area contributed by atoms with Crippen molar-refractivity contribution in [1.29, 1.82) is 0 Å². The molecule has 2 aromatic carbocycles. The van der Waals surface area contributed by atoms with E-state index in [0.717, 1.165) is 5.56 Å². The highest BCUT2D eigenvalue weighted by atomic mass is 35.5. The van der Waals surface area contributed by atoms with Gasteiger partial charge in [-0.15, -0.1) is 0 Å². The minimum Gasteiger partial charge on any atom is -0.478 e. The monoisotopic (exact) mass is 484 g/mol. The molecule has 30 heavy (non-hydrogen) atoms. The predicted molar refractivity (Wildman–Crippen MR) is 116 cm³/mol. The largest absolute Gasteiger partial charge is 0.478 e. The molecular formula is C20H15Cl3N2O4S. The Bertz CT molecular complexity index is 1260. The van der Waals surface area contributed by atoms with Gasteiger partial charge in [0.25, 0.3) is 0 Å². The lowest BCUT2D eigenvalue weighted by Crippen LogP contribution is -2.38. The molecule has 0 unspecified atom stereocenters. The molecule has 0 saturated heterocycles. The summed E-state index contributed by atoms with van der Waals surface area (Å²) in [6.45, 7) is 0.281. The van der Waals surface area contributed by atoms with Gasteiger partial charge in [-0.2, -0.15) is 4.31 Å². The van der Waals surface area contributed by atoms with Crippen molar-refractivity contribution >= 4 is 50.8 Å². The van der Waals surface area contributed by atoms with Crippen LogP contribution in [0.1, 0.15) is 16.1 Å². The second-order valence-corrected chi connectivity index (χ2v) is 9.85. The molecule has 156 valence electrons. The quantitative estimate of drug-likeness (QED) is 0.563. The van der Waals surface area contributed by atoms with E-state index >= 15 is 0 Å². The molecule has 3 aromatic rings. The average molecular weight is 486 g/mol. The van der Waals surface area contributed by atoms with E-state index in [4.69, 9.17) is 34.8 Å². The molecule has 1 aliphatic heterocycles. The molecule has 0 fully saturated rings. The number of rotatable bonds is 4. The molecule has 1 N–H and O–H groups in total. The number of benzene rings is 2. The SMILES string of the molecule is O=C(O)c1c(Cl)c(-c2ccccc2)n2c1CN(S(=O)(=O)c1ccc(Cl)c(Cl)c1)CC2. The van der Waals surface area contributed by atoms with E-state index in [1.54, 1.807) is 4.57 Å². The number of halogens is 3. The van der Waals surface area contributed by atoms with Gasteiger partial charge in [-0.3, -0.25) is 0 Å². The van der Waals surface area contributed by atoms with E-state index in [2.05, 4.69) is 0 Å². The number of carboxylic acid groups (broad SMARTS) is 1. The number of fused-ring (bicyclic) bond motifs is 1. The number of hydrogen-bond donors (Lipinski definition) is 1. The minimum atomic E-state index is -3.91. The molecule has 1 aliphatic rings. The Balaban J connectivity index is 1.80. The summed E-state index contributed by atoms with van der Waals surface area (Å²) in [4.78, 5) is 11.9. The Kier molecular flexibility index (Phi) is 5.59. The van der Waals surface area contributed by atoms with Crippen LogP contribution in [0.15, 0.2) is 53.4 Å². The zero-order valence-corrected chi connectivity index (χ0v) is 18.4. The van der Waals surface area contributed by atoms with Gasteiger partial charge < -0.3 is 9.67 Å². The summed E-state index contributed by atoms with van der Waals surface area (Å²) < 4.78 is 29.3. The maximum atomic E-state index is 13.1. The van der Waals surface area contributed by atoms with Crippen molar-refractivity contribution < 1.29 is 18.3 Å². The van der Waals surface area contributed by atoms with Crippen LogP contribution in [-0.2, 0) is 23.1 Å². The molecule has 0 atom stereocenters. The van der Waals surface area contributed by atoms with Crippen LogP contribution in [0.3, 0.4) is 0 Å². The Morgan fingerprint density at radius 2 is 1.67 bits per heavy atom. The van der Waals surface area contributed by atoms with Gasteiger partial charge in [0.2, 0.25) is 10.0 Å². The molecule has 0 bridgehead atoms. The van der Waals surface area contributed by atoms with Crippen LogP contribution in [0.5, 0.6) is 0 Å². The molecule has 10 heteroatoms. The van der Waals surface area contributed by atoms with Crippen LogP contribution >= 0.6 is 34.8 Å². The number of aromatic carboxylic acids is 1. The topological polar surface area (TPSA) is 79.6 Å². The van der Waals surface area contributed by atoms with Crippen LogP contribution in [0, 0.1) is 0 Å². The highest BCUT2D eigenvalue weighted by molar-refractivity contribution is 7.89. The fourth-order valence-corrected chi connectivity index (χ4v) is 5.77. The van der Waals surface area contributed by atoms with Crippen LogP contribution < -0.4 is 0 Å². The van der Waals surface area contributed by atoms with Gasteiger partial charge >= 0.3 is 5.97 Å². The van der Waals surface area contributed by atoms with Gasteiger partial charge in [0, 0.05) is 18.8 Å². The molecule has 2 heterocycles. The third-order valence-electron chi connectivity index (χ3n) is 5.00. The molecule has 0 radical (unpaired) electrons. The second-order valence-electron chi connectivity index (χ2n) is 6.72. The van der Waals surface area contributed by atoms with Gasteiger partial charge in [-0.25, -0.2) is 13.2 Å². The zero-order valence-electron chi connectivity index (χ0n) is 15.3. The normalized spacial score (nSPS) is 14.5. The summed E-state index contributed by atoms with van der Waals surface area (Å²) >= 11 is 18.3. The third kappa shape index (κ3) is 3.50. The van der Waals surface area contributed by atoms with Crippen molar-refractivity contribution in [3.8, 4) is 11.3 Å². The highest BCUT2D eigenvalue weighted by Gasteiger charge is 2.35. The first-order chi connectivity index (χ1) is 14.2. The second kappa shape index (κ2) is 7.90. The molecule has 1 aromatic heterocycles. The smallest absolute Gasteiger partial charge is 0.339 e. The summed E-state index contributed by atoms with van der Waals surface area (Å²) in [5.41, 5.74) is 1.57. The molecule has 0 aliphatic carbocycles. The summed E-state index contributed by atoms with van der Waals surface area (Å²) in [6, 6.07) is 13.2. The van der Waals surface area contributed by atoms with Gasteiger partial charge in [-0.05, 0) is 23.8 Å². The van der Waals surface area contributed by atoms with Gasteiger partial charge in [-0.1, -0.05) is 65.1 Å². The summed E-state index contributed by atoms with van der Waals surface area (Å²) in [5, 5.41) is 10.2. The Morgan fingerprint density at radius 3 is 2.30 bits per heavy atom. The number of nitrogens with zero attached hydrogens (tertiary/aromatic N) is 2. The Hall–Kier alpha value is -2.03. The maximum absolute atomic E-state index is 13.1. The molecule has 4 rings (SSSR count). The number of aromatic nitrogens is 1. The first-order valence-electron chi connectivity index (χ1n) is 8.86. The van der Waals surface area contributed by atoms with Crippen molar-refractivity contribution in [1.82, 2.24) is 8.87 Å². The van der Waals surface area contributed by atoms with Crippen molar-refractivity contribution in [2.24, 2.45) is 0 Å². The minimum absolute atomic E-state index is 0.0110. The standard InChI is InChI=1S/C20H15Cl3N2O4S/c21-14-7-6-13(10-15(14)22)30(28,29)24-8-9-25-16(11-24)17(20(26)27)18(23)19(25)12-4-2-1-3-5-12/h1-7,10H,8-9,11H2,(H,26,27). The fourth-order valence-electron chi connectivity index (χ4n) is 3.59. The first kappa shape index (κ1) is 21.2. The van der Waals surface area contributed by atoms with Crippen molar-refractivity contribution in [2.45, 2.75) is 18.0 Å². The van der Waals surface area contributed by atoms with Crippen molar-refractivity contribution in [3.63, 3.8) is 0 Å². The maximum Gasteiger partial charge on any atom is 0.339 e. The molecule has 0 amide bonds. The fraction of sp³-hybridized carbons (Fsp3) is 0.150. The molecule has 0 spiro atoms. The molecular weight excluding hydrogens is 471 g/mol. The van der Waals surface area contributed by atoms with Crippen LogP contribution in [0.4, 0.5) is 0 Å². The zero-order chi connectivity index (χ0) is 21.6. The number of carbonyl (C=O) groups is 1. The predicted octanol–water partition coefficient (Wildman–Crippen LogP) is 5.02. The van der Waals surface area contributed by atoms with E-state index in [1.165, 1.54) is 22.5 Å². The van der Waals surface area contributed by atoms with Crippen LogP contribution in [0.25, 0.3) is 11.3 Å². The lowest BCUT2D eigenvalue weighted by molar-refractivity contribution is 0.0694. The molecule has 0 saturated carbocycles. The lowest BCUT2D eigenvalue weighted by atomic mass is 10.1. The van der Waals surface area contributed by atoms with E-state index < -0.39 is 16.0 Å². The van der Waals surface area contributed by atoms with Gasteiger partial charge in [0.15, 0.2) is 0 Å². The van der Waals surface area contributed by atoms with Crippen LogP contribution in [-0.4, -0.2) is 34.9 Å². The third-order valence-corrected chi connectivity index (χ3v) is 7.95. The molecule has 6 nitrogen and oxygen atoms in total. The highest BCUT2D eigenvalue weighted by Crippen LogP contribution is 2.39. The number of carboxylic acids is 1. The van der Waals surface area contributed by atoms with E-state index in [1.807, 2.05) is 30.3 Å². The number of sulfonamides is 1. The van der Waals surface area contributed by atoms with Gasteiger partial charge in [0.1, 0.15) is 5.56 Å². The first-order valence-corrected chi connectivity index (χ1v) is 11.4. The Labute approximate surface area is 188 Å². The lowest BCUT2D eigenvalue weighted by Gasteiger charge is -2.29. The Morgan fingerprint density at radius 1 is 0.967 bits per heavy atom. The number of hydrogen-bond acceptors (Lipinski definition) is 3. The van der Waals surface area contributed by atoms with E-state index in [-0.39, 0.29) is 45.2 Å². The summed E-state index contributed by atoms with van der Waals surface area (Å²) in [5.74, 6) is -1.21. The van der Waals surface area contributed by atoms with Crippen molar-refractivity contribution in [2.75, 3.05) is 6.54 Å². The summed E-state index contributed by atoms with van der Waals surface area (Å²) in [6.07, 6.45) is 0. The van der Waals surface area contributed by atoms with Crippen molar-refractivity contribution in [3.05, 3.63) is 74.9 Å². The van der Waals surface area contributed by atoms with E-state index in [9.17, 15) is 18.3 Å². The average Bonchev–Trinajstić information content (AvgIpc) is 3.01. The van der Waals surface area contributed by atoms with Crippen LogP contribution in [0.2, 0.25) is 15.1 Å². The summed E-state index contributed by atoms with van der Waals surface area (Å²) in [7, 11) is -3.91.